The van der Waals surface area contributed by atoms with Gasteiger partial charge in [0.05, 0.1) is 12.5 Å². The van der Waals surface area contributed by atoms with Crippen LogP contribution in [0, 0.1) is 0 Å². The normalized spacial score (nSPS) is 10.3. The number of ketones is 1. The highest BCUT2D eigenvalue weighted by atomic mass is 16.5. The molecule has 0 bridgehead atoms. The number of benzene rings is 1. The molecule has 2 aromatic rings. The van der Waals surface area contributed by atoms with Crippen molar-refractivity contribution in [3.05, 3.63) is 57.5 Å². The van der Waals surface area contributed by atoms with Crippen LogP contribution in [0.4, 0.5) is 0 Å². The van der Waals surface area contributed by atoms with Crippen LogP contribution in [0.1, 0.15) is 38.1 Å². The van der Waals surface area contributed by atoms with Crippen molar-refractivity contribution in [3.8, 4) is 11.5 Å². The van der Waals surface area contributed by atoms with Crippen molar-refractivity contribution in [2.45, 2.75) is 27.7 Å². The van der Waals surface area contributed by atoms with Crippen molar-refractivity contribution in [2.75, 3.05) is 13.7 Å². The molecule has 0 atom stereocenters. The molecule has 0 radical (unpaired) electrons. The van der Waals surface area contributed by atoms with Crippen LogP contribution in [0.5, 0.6) is 11.5 Å². The topological polar surface area (TPSA) is 65.7 Å². The Hall–Kier alpha value is -2.82. The molecule has 0 aliphatic rings. The third kappa shape index (κ3) is 4.38. The van der Waals surface area contributed by atoms with Gasteiger partial charge in [0.2, 0.25) is 0 Å². The Morgan fingerprint density at radius 1 is 1.12 bits per heavy atom. The van der Waals surface area contributed by atoms with Gasteiger partial charge in [0.15, 0.2) is 11.4 Å². The summed E-state index contributed by atoms with van der Waals surface area (Å²) >= 11 is 0. The van der Waals surface area contributed by atoms with Crippen LogP contribution in [0.2, 0.25) is 0 Å². The highest BCUT2D eigenvalue weighted by molar-refractivity contribution is 6.15. The number of ether oxygens (including phenoxy) is 2. The Balaban J connectivity index is 2.71. The highest BCUT2D eigenvalue weighted by Gasteiger charge is 2.21. The Labute approximate surface area is 146 Å². The third-order valence-corrected chi connectivity index (χ3v) is 3.45. The van der Waals surface area contributed by atoms with Crippen LogP contribution in [0.25, 0.3) is 11.0 Å². The standard InChI is InChI=1S/C20H22O5/c1-12(2)8-9-24-16-11-17(23-5)19(15(21)10-13(3)4)20-14(16)6-7-18(22)25-20/h6-8,10-11H,9H2,1-5H3. The molecule has 1 aromatic heterocycles. The molecule has 0 N–H and O–H groups in total. The number of hydrogen-bond donors (Lipinski definition) is 0. The molecule has 5 heteroatoms. The molecule has 0 aliphatic heterocycles. The minimum absolute atomic E-state index is 0.168. The fraction of sp³-hybridized carbons (Fsp3) is 0.300. The van der Waals surface area contributed by atoms with Gasteiger partial charge in [0.1, 0.15) is 23.7 Å². The third-order valence-electron chi connectivity index (χ3n) is 3.45. The zero-order chi connectivity index (χ0) is 18.6. The van der Waals surface area contributed by atoms with Crippen molar-refractivity contribution in [1.29, 1.82) is 0 Å². The molecule has 132 valence electrons. The highest BCUT2D eigenvalue weighted by Crippen LogP contribution is 2.36. The molecule has 0 saturated heterocycles. The maximum Gasteiger partial charge on any atom is 0.336 e. The van der Waals surface area contributed by atoms with Crippen molar-refractivity contribution in [2.24, 2.45) is 0 Å². The molecule has 0 aliphatic carbocycles. The van der Waals surface area contributed by atoms with E-state index >= 15 is 0 Å². The first-order valence-corrected chi connectivity index (χ1v) is 7.93. The second-order valence-electron chi connectivity index (χ2n) is 6.13. The van der Waals surface area contributed by atoms with Gasteiger partial charge in [0, 0.05) is 12.1 Å². The smallest absolute Gasteiger partial charge is 0.336 e. The summed E-state index contributed by atoms with van der Waals surface area (Å²) in [5, 5.41) is 0.549. The first-order chi connectivity index (χ1) is 11.8. The van der Waals surface area contributed by atoms with E-state index in [1.807, 2.05) is 33.8 Å². The van der Waals surface area contributed by atoms with E-state index in [0.29, 0.717) is 23.5 Å². The Morgan fingerprint density at radius 3 is 2.44 bits per heavy atom. The molecular formula is C20H22O5. The number of allylic oxidation sites excluding steroid dienone is 3. The first kappa shape index (κ1) is 18.5. The molecule has 2 rings (SSSR count). The van der Waals surface area contributed by atoms with E-state index in [0.717, 1.165) is 11.1 Å². The van der Waals surface area contributed by atoms with Crippen LogP contribution < -0.4 is 15.1 Å². The minimum atomic E-state index is -0.540. The number of carbonyl (C=O) groups is 1. The van der Waals surface area contributed by atoms with Crippen molar-refractivity contribution >= 4 is 16.8 Å². The maximum absolute atomic E-state index is 12.6. The number of rotatable bonds is 6. The molecule has 0 amide bonds. The summed E-state index contributed by atoms with van der Waals surface area (Å²) < 4.78 is 16.5. The summed E-state index contributed by atoms with van der Waals surface area (Å²) in [6.45, 7) is 7.95. The number of fused-ring (bicyclic) bond motifs is 1. The van der Waals surface area contributed by atoms with Gasteiger partial charge in [-0.15, -0.1) is 0 Å². The van der Waals surface area contributed by atoms with Crippen LogP contribution in [-0.2, 0) is 0 Å². The largest absolute Gasteiger partial charge is 0.496 e. The summed E-state index contributed by atoms with van der Waals surface area (Å²) in [6.07, 6.45) is 3.41. The van der Waals surface area contributed by atoms with E-state index in [9.17, 15) is 9.59 Å². The molecule has 0 unspecified atom stereocenters. The monoisotopic (exact) mass is 342 g/mol. The quantitative estimate of drug-likeness (QED) is 0.339. The fourth-order valence-electron chi connectivity index (χ4n) is 2.32. The summed E-state index contributed by atoms with van der Waals surface area (Å²) in [4.78, 5) is 24.3. The molecule has 0 saturated carbocycles. The fourth-order valence-corrected chi connectivity index (χ4v) is 2.32. The average Bonchev–Trinajstić information content (AvgIpc) is 2.52. The van der Waals surface area contributed by atoms with E-state index in [2.05, 4.69) is 0 Å². The van der Waals surface area contributed by atoms with Crippen molar-refractivity contribution in [1.82, 2.24) is 0 Å². The van der Waals surface area contributed by atoms with Crippen molar-refractivity contribution in [3.63, 3.8) is 0 Å². The van der Waals surface area contributed by atoms with E-state index in [1.54, 1.807) is 12.1 Å². The van der Waals surface area contributed by atoms with Crippen LogP contribution in [0.15, 0.2) is 50.7 Å². The summed E-state index contributed by atoms with van der Waals surface area (Å²) in [6, 6.07) is 4.54. The van der Waals surface area contributed by atoms with Gasteiger partial charge in [-0.1, -0.05) is 11.1 Å². The summed E-state index contributed by atoms with van der Waals surface area (Å²) in [5.74, 6) is 0.505. The van der Waals surface area contributed by atoms with E-state index in [1.165, 1.54) is 19.3 Å². The SMILES string of the molecule is COc1cc(OCC=C(C)C)c2ccc(=O)oc2c1C(=O)C=C(C)C. The Bertz CT molecular complexity index is 908. The summed E-state index contributed by atoms with van der Waals surface area (Å²) in [5.41, 5.74) is 1.80. The number of carbonyl (C=O) groups excluding carboxylic acids is 1. The second-order valence-corrected chi connectivity index (χ2v) is 6.13. The molecule has 25 heavy (non-hydrogen) atoms. The number of hydrogen-bond acceptors (Lipinski definition) is 5. The lowest BCUT2D eigenvalue weighted by atomic mass is 10.0. The van der Waals surface area contributed by atoms with E-state index < -0.39 is 5.63 Å². The van der Waals surface area contributed by atoms with Crippen LogP contribution in [-0.4, -0.2) is 19.5 Å². The van der Waals surface area contributed by atoms with Crippen LogP contribution in [0.3, 0.4) is 0 Å². The van der Waals surface area contributed by atoms with Gasteiger partial charge in [-0.3, -0.25) is 4.79 Å². The number of methoxy groups -OCH3 is 1. The first-order valence-electron chi connectivity index (χ1n) is 7.93. The van der Waals surface area contributed by atoms with Crippen molar-refractivity contribution < 1.29 is 18.7 Å². The van der Waals surface area contributed by atoms with Gasteiger partial charge in [-0.25, -0.2) is 4.79 Å². The van der Waals surface area contributed by atoms with E-state index in [4.69, 9.17) is 13.9 Å². The van der Waals surface area contributed by atoms with Gasteiger partial charge >= 0.3 is 5.63 Å². The Kier molecular flexibility index (Phi) is 5.80. The molecule has 0 spiro atoms. The van der Waals surface area contributed by atoms with Gasteiger partial charge < -0.3 is 13.9 Å². The molecule has 1 heterocycles. The second kappa shape index (κ2) is 7.83. The lowest BCUT2D eigenvalue weighted by Gasteiger charge is -2.13. The Morgan fingerprint density at radius 2 is 1.84 bits per heavy atom. The zero-order valence-corrected chi connectivity index (χ0v) is 15.1. The van der Waals surface area contributed by atoms with E-state index in [-0.39, 0.29) is 16.9 Å². The molecule has 5 nitrogen and oxygen atoms in total. The van der Waals surface area contributed by atoms with Crippen LogP contribution >= 0.6 is 0 Å². The van der Waals surface area contributed by atoms with Gasteiger partial charge in [-0.05, 0) is 45.9 Å². The summed E-state index contributed by atoms with van der Waals surface area (Å²) in [7, 11) is 1.46. The predicted octanol–water partition coefficient (Wildman–Crippen LogP) is 4.30. The zero-order valence-electron chi connectivity index (χ0n) is 15.1. The molecular weight excluding hydrogens is 320 g/mol. The van der Waals surface area contributed by atoms with Gasteiger partial charge in [0.25, 0.3) is 0 Å². The lowest BCUT2D eigenvalue weighted by molar-refractivity contribution is 0.104. The maximum atomic E-state index is 12.6. The van der Waals surface area contributed by atoms with Gasteiger partial charge in [-0.2, -0.15) is 0 Å². The molecule has 1 aromatic carbocycles. The predicted molar refractivity (Wildman–Crippen MR) is 97.7 cm³/mol. The average molecular weight is 342 g/mol. The molecule has 0 fully saturated rings. The lowest BCUT2D eigenvalue weighted by Crippen LogP contribution is -2.06. The minimum Gasteiger partial charge on any atom is -0.496 e.